The van der Waals surface area contributed by atoms with Crippen molar-refractivity contribution in [1.82, 2.24) is 0 Å². The lowest BCUT2D eigenvalue weighted by atomic mass is 9.89. The van der Waals surface area contributed by atoms with Crippen LogP contribution in [0.3, 0.4) is 0 Å². The summed E-state index contributed by atoms with van der Waals surface area (Å²) in [6.07, 6.45) is 0. The van der Waals surface area contributed by atoms with E-state index in [1.54, 1.807) is 0 Å². The summed E-state index contributed by atoms with van der Waals surface area (Å²) in [6, 6.07) is 8.07. The summed E-state index contributed by atoms with van der Waals surface area (Å²) in [5.74, 6) is -0.329. The van der Waals surface area contributed by atoms with Crippen molar-refractivity contribution in [2.75, 3.05) is 0 Å². The Kier molecular flexibility index (Phi) is 6.06. The van der Waals surface area contributed by atoms with E-state index in [2.05, 4.69) is 22.6 Å². The molecule has 1 aliphatic carbocycles. The molecule has 1 unspecified atom stereocenters. The van der Waals surface area contributed by atoms with E-state index < -0.39 is 0 Å². The Morgan fingerprint density at radius 3 is 1.64 bits per heavy atom. The highest BCUT2D eigenvalue weighted by molar-refractivity contribution is 14.1. The van der Waals surface area contributed by atoms with Crippen LogP contribution in [0.4, 0.5) is 0 Å². The molecule has 28 heavy (non-hydrogen) atoms. The van der Waals surface area contributed by atoms with E-state index in [-0.39, 0.29) is 21.0 Å². The van der Waals surface area contributed by atoms with Crippen molar-refractivity contribution in [3.63, 3.8) is 0 Å². The van der Waals surface area contributed by atoms with Crippen molar-refractivity contribution in [3.05, 3.63) is 85.2 Å². The highest BCUT2D eigenvalue weighted by Crippen LogP contribution is 2.61. The second kappa shape index (κ2) is 7.84. The molecule has 144 valence electrons. The molecule has 0 aromatic heterocycles. The normalized spacial score (nSPS) is 15.0. The molecule has 3 aromatic rings. The van der Waals surface area contributed by atoms with E-state index in [4.69, 9.17) is 81.2 Å². The highest BCUT2D eigenvalue weighted by Gasteiger charge is 2.40. The second-order valence-electron chi connectivity index (χ2n) is 6.43. The Bertz CT molecular complexity index is 1080. The van der Waals surface area contributed by atoms with Gasteiger partial charge in [-0.05, 0) is 46.2 Å². The van der Waals surface area contributed by atoms with Crippen LogP contribution in [-0.2, 0) is 0 Å². The number of hydrogen-bond acceptors (Lipinski definition) is 0. The largest absolute Gasteiger partial charge is 0.0824 e. The molecule has 0 amide bonds. The standard InChI is InChI=1S/C20H8Cl7I/c1-6-2-4-7(5-3-6)8-9-11(14(22)18(26)17(25)13(9)21)12-10(8)15(23)19(27)20(28)16(12)24/h2-5,8H,1H3. The fraction of sp³-hybridized carbons (Fsp3) is 0.100. The number of hydrogen-bond donors (Lipinski definition) is 0. The first-order valence-corrected chi connectivity index (χ1v) is 11.7. The minimum atomic E-state index is -0.329. The van der Waals surface area contributed by atoms with Crippen molar-refractivity contribution in [1.29, 1.82) is 0 Å². The van der Waals surface area contributed by atoms with Gasteiger partial charge < -0.3 is 0 Å². The number of fused-ring (bicyclic) bond motifs is 3. The van der Waals surface area contributed by atoms with Gasteiger partial charge in [0.1, 0.15) is 0 Å². The van der Waals surface area contributed by atoms with Crippen LogP contribution in [0.2, 0.25) is 35.2 Å². The molecule has 0 saturated carbocycles. The summed E-state index contributed by atoms with van der Waals surface area (Å²) in [7, 11) is 0. The predicted molar refractivity (Wildman–Crippen MR) is 132 cm³/mol. The number of halogens is 8. The maximum atomic E-state index is 6.72. The van der Waals surface area contributed by atoms with Gasteiger partial charge in [0.05, 0.1) is 38.7 Å². The molecule has 0 bridgehead atoms. The Labute approximate surface area is 211 Å². The summed E-state index contributed by atoms with van der Waals surface area (Å²) in [4.78, 5) is 0. The lowest BCUT2D eigenvalue weighted by Crippen LogP contribution is -2.02. The van der Waals surface area contributed by atoms with Gasteiger partial charge in [-0.25, -0.2) is 0 Å². The topological polar surface area (TPSA) is 0 Å². The SMILES string of the molecule is Cc1ccc(C2c3c(Cl)c(Cl)c(Cl)c(Cl)c3-c3c(Cl)c(I)c(Cl)c(Cl)c32)cc1. The van der Waals surface area contributed by atoms with Gasteiger partial charge in [0, 0.05) is 17.0 Å². The zero-order valence-corrected chi connectivity index (χ0v) is 21.4. The second-order valence-corrected chi connectivity index (χ2v) is 10.2. The Balaban J connectivity index is 2.22. The summed E-state index contributed by atoms with van der Waals surface area (Å²) in [5, 5.41) is 2.25. The van der Waals surface area contributed by atoms with Gasteiger partial charge in [-0.1, -0.05) is 111 Å². The number of benzene rings is 3. The van der Waals surface area contributed by atoms with Crippen LogP contribution in [0.25, 0.3) is 11.1 Å². The zero-order chi connectivity index (χ0) is 20.5. The molecule has 0 radical (unpaired) electrons. The van der Waals surface area contributed by atoms with Crippen molar-refractivity contribution < 1.29 is 0 Å². The van der Waals surface area contributed by atoms with E-state index in [0.717, 1.165) is 22.3 Å². The highest BCUT2D eigenvalue weighted by atomic mass is 127. The van der Waals surface area contributed by atoms with Crippen LogP contribution in [0.1, 0.15) is 28.2 Å². The van der Waals surface area contributed by atoms with E-state index >= 15 is 0 Å². The lowest BCUT2D eigenvalue weighted by Gasteiger charge is -2.19. The molecule has 0 nitrogen and oxygen atoms in total. The lowest BCUT2D eigenvalue weighted by molar-refractivity contribution is 1.01. The minimum absolute atomic E-state index is 0.180. The van der Waals surface area contributed by atoms with Crippen molar-refractivity contribution in [3.8, 4) is 11.1 Å². The third kappa shape index (κ3) is 3.08. The fourth-order valence-electron chi connectivity index (χ4n) is 3.56. The Hall–Kier alpha value is 0.420. The van der Waals surface area contributed by atoms with Crippen LogP contribution < -0.4 is 0 Å². The van der Waals surface area contributed by atoms with Crippen LogP contribution in [0.5, 0.6) is 0 Å². The molecule has 4 rings (SSSR count). The van der Waals surface area contributed by atoms with Gasteiger partial charge in [0.15, 0.2) is 0 Å². The van der Waals surface area contributed by atoms with Crippen molar-refractivity contribution in [2.24, 2.45) is 0 Å². The molecule has 0 aliphatic heterocycles. The summed E-state index contributed by atoms with van der Waals surface area (Å²) in [6.45, 7) is 2.02. The molecule has 0 saturated heterocycles. The molecule has 1 atom stereocenters. The first-order valence-electron chi connectivity index (χ1n) is 7.95. The maximum Gasteiger partial charge on any atom is 0.0800 e. The van der Waals surface area contributed by atoms with Crippen LogP contribution in [0.15, 0.2) is 24.3 Å². The van der Waals surface area contributed by atoms with Gasteiger partial charge in [0.25, 0.3) is 0 Å². The van der Waals surface area contributed by atoms with Crippen LogP contribution >= 0.6 is 104 Å². The quantitative estimate of drug-likeness (QED) is 0.113. The fourth-order valence-corrected chi connectivity index (χ4v) is 6.17. The van der Waals surface area contributed by atoms with E-state index in [1.807, 2.05) is 31.2 Å². The molecule has 0 N–H and O–H groups in total. The zero-order valence-electron chi connectivity index (χ0n) is 13.9. The molecule has 8 heteroatoms. The van der Waals surface area contributed by atoms with Gasteiger partial charge in [-0.2, -0.15) is 0 Å². The average molecular weight is 623 g/mol. The molecule has 1 aliphatic rings. The monoisotopic (exact) mass is 620 g/mol. The molecular weight excluding hydrogens is 615 g/mol. The van der Waals surface area contributed by atoms with Crippen molar-refractivity contribution in [2.45, 2.75) is 12.8 Å². The first kappa shape index (κ1) is 21.6. The van der Waals surface area contributed by atoms with Gasteiger partial charge in [-0.3, -0.25) is 0 Å². The van der Waals surface area contributed by atoms with E-state index in [0.29, 0.717) is 34.8 Å². The van der Waals surface area contributed by atoms with E-state index in [9.17, 15) is 0 Å². The maximum absolute atomic E-state index is 6.72. The van der Waals surface area contributed by atoms with Crippen LogP contribution in [-0.4, -0.2) is 0 Å². The Morgan fingerprint density at radius 1 is 0.607 bits per heavy atom. The smallest absolute Gasteiger partial charge is 0.0800 e. The number of rotatable bonds is 1. The third-order valence-corrected chi connectivity index (χ3v) is 9.62. The van der Waals surface area contributed by atoms with E-state index in [1.165, 1.54) is 0 Å². The van der Waals surface area contributed by atoms with Gasteiger partial charge in [-0.15, -0.1) is 0 Å². The first-order chi connectivity index (χ1) is 13.2. The van der Waals surface area contributed by atoms with Gasteiger partial charge in [0.2, 0.25) is 0 Å². The molecule has 0 fully saturated rings. The predicted octanol–water partition coefficient (Wildman–Crippen LogP) is 10.3. The molecule has 3 aromatic carbocycles. The summed E-state index contributed by atoms with van der Waals surface area (Å²) >= 11 is 48.0. The average Bonchev–Trinajstić information content (AvgIpc) is 3.04. The molecule has 0 spiro atoms. The van der Waals surface area contributed by atoms with Crippen molar-refractivity contribution >= 4 is 104 Å². The molecular formula is C20H8Cl7I. The summed E-state index contributed by atoms with van der Waals surface area (Å²) in [5.41, 5.74) is 4.90. The minimum Gasteiger partial charge on any atom is -0.0824 e. The third-order valence-electron chi connectivity index (χ3n) is 4.84. The van der Waals surface area contributed by atoms with Crippen LogP contribution in [0, 0.1) is 10.5 Å². The molecule has 0 heterocycles. The summed E-state index contributed by atoms with van der Waals surface area (Å²) < 4.78 is 0.637. The Morgan fingerprint density at radius 2 is 1.07 bits per heavy atom. The van der Waals surface area contributed by atoms with Gasteiger partial charge >= 0.3 is 0 Å². The number of aryl methyl sites for hydroxylation is 1.